The van der Waals surface area contributed by atoms with E-state index < -0.39 is 0 Å². The van der Waals surface area contributed by atoms with Crippen LogP contribution >= 0.6 is 11.6 Å². The van der Waals surface area contributed by atoms with Gasteiger partial charge in [-0.25, -0.2) is 14.5 Å². The van der Waals surface area contributed by atoms with Crippen molar-refractivity contribution in [1.29, 1.82) is 0 Å². The van der Waals surface area contributed by atoms with Crippen LogP contribution in [-0.2, 0) is 13.1 Å². The highest BCUT2D eigenvalue weighted by atomic mass is 35.5. The van der Waals surface area contributed by atoms with Gasteiger partial charge in [-0.15, -0.1) is 0 Å². The fraction of sp³-hybridized carbons (Fsp3) is 0.345. The summed E-state index contributed by atoms with van der Waals surface area (Å²) in [4.78, 5) is 35.4. The van der Waals surface area contributed by atoms with Crippen molar-refractivity contribution in [3.8, 4) is 5.69 Å². The Bertz CT molecular complexity index is 1760. The maximum atomic E-state index is 13.8. The number of para-hydroxylation sites is 2. The molecule has 1 aliphatic carbocycles. The van der Waals surface area contributed by atoms with E-state index in [0.29, 0.717) is 46.6 Å². The number of amides is 1. The number of hydrogen-bond acceptors (Lipinski definition) is 6. The zero-order valence-electron chi connectivity index (χ0n) is 22.1. The third kappa shape index (κ3) is 4.89. The van der Waals surface area contributed by atoms with Crippen LogP contribution in [-0.4, -0.2) is 52.5 Å². The Balaban J connectivity index is 1.20. The molecule has 0 atom stereocenters. The number of aromatic nitrogens is 6. The number of hydrogen-bond donors (Lipinski definition) is 2. The van der Waals surface area contributed by atoms with Gasteiger partial charge in [-0.3, -0.25) is 18.9 Å². The number of halogens is 1. The number of fused-ring (bicyclic) bond motifs is 2. The van der Waals surface area contributed by atoms with Crippen LogP contribution in [0, 0.1) is 12.8 Å². The minimum Gasteiger partial charge on any atom is -0.394 e. The number of carbonyl (C=O) groups is 1. The molecular weight excluding hydrogens is 530 g/mol. The number of nitrogens with zero attached hydrogens (tertiary/aromatic N) is 6. The summed E-state index contributed by atoms with van der Waals surface area (Å²) in [5, 5.41) is 18.0. The Kier molecular flexibility index (Phi) is 7.12. The molecule has 1 saturated carbocycles. The van der Waals surface area contributed by atoms with Crippen LogP contribution < -0.4 is 11.0 Å². The van der Waals surface area contributed by atoms with Gasteiger partial charge in [0.15, 0.2) is 5.65 Å². The molecule has 0 aliphatic heterocycles. The highest BCUT2D eigenvalue weighted by Crippen LogP contribution is 2.28. The summed E-state index contributed by atoms with van der Waals surface area (Å²) in [6.07, 6.45) is 8.42. The molecule has 40 heavy (non-hydrogen) atoms. The maximum Gasteiger partial charge on any atom is 0.333 e. The van der Waals surface area contributed by atoms with E-state index >= 15 is 0 Å². The van der Waals surface area contributed by atoms with Crippen LogP contribution in [0.2, 0.25) is 5.02 Å². The molecule has 1 amide bonds. The van der Waals surface area contributed by atoms with E-state index in [-0.39, 0.29) is 24.2 Å². The molecular formula is C29H30ClN7O3. The lowest BCUT2D eigenvalue weighted by atomic mass is 9.85. The smallest absolute Gasteiger partial charge is 0.333 e. The zero-order valence-corrected chi connectivity index (χ0v) is 22.9. The molecule has 0 spiro atoms. The Morgan fingerprint density at radius 2 is 1.85 bits per heavy atom. The van der Waals surface area contributed by atoms with Gasteiger partial charge in [0.2, 0.25) is 0 Å². The summed E-state index contributed by atoms with van der Waals surface area (Å²) in [7, 11) is 0. The van der Waals surface area contributed by atoms with Crippen molar-refractivity contribution < 1.29 is 9.90 Å². The Morgan fingerprint density at radius 1 is 1.07 bits per heavy atom. The fourth-order valence-corrected chi connectivity index (χ4v) is 5.88. The van der Waals surface area contributed by atoms with Gasteiger partial charge in [0.1, 0.15) is 0 Å². The van der Waals surface area contributed by atoms with Crippen molar-refractivity contribution in [2.45, 2.75) is 51.7 Å². The van der Waals surface area contributed by atoms with Gasteiger partial charge in [-0.1, -0.05) is 23.7 Å². The Labute approximate surface area is 235 Å². The summed E-state index contributed by atoms with van der Waals surface area (Å²) in [6.45, 7) is 2.74. The number of nitrogens with one attached hydrogen (secondary N) is 1. The first-order valence-electron chi connectivity index (χ1n) is 13.5. The number of pyridine rings is 2. The van der Waals surface area contributed by atoms with Crippen LogP contribution in [0.25, 0.3) is 27.8 Å². The van der Waals surface area contributed by atoms with Crippen LogP contribution in [0.5, 0.6) is 0 Å². The number of imidazole rings is 1. The number of rotatable bonds is 7. The van der Waals surface area contributed by atoms with Gasteiger partial charge < -0.3 is 10.4 Å². The Hall–Kier alpha value is -4.02. The van der Waals surface area contributed by atoms with Crippen LogP contribution in [0.4, 0.5) is 0 Å². The molecule has 206 valence electrons. The number of aliphatic hydroxyl groups excluding tert-OH is 1. The summed E-state index contributed by atoms with van der Waals surface area (Å²) < 4.78 is 5.22. The van der Waals surface area contributed by atoms with Crippen molar-refractivity contribution in [1.82, 2.24) is 34.2 Å². The van der Waals surface area contributed by atoms with Crippen LogP contribution in [0.15, 0.2) is 59.8 Å². The van der Waals surface area contributed by atoms with E-state index in [2.05, 4.69) is 20.4 Å². The highest BCUT2D eigenvalue weighted by Gasteiger charge is 2.26. The normalized spacial score (nSPS) is 17.5. The highest BCUT2D eigenvalue weighted by molar-refractivity contribution is 6.30. The molecule has 4 aromatic heterocycles. The van der Waals surface area contributed by atoms with Crippen molar-refractivity contribution in [3.05, 3.63) is 81.8 Å². The van der Waals surface area contributed by atoms with Crippen molar-refractivity contribution in [3.63, 3.8) is 0 Å². The van der Waals surface area contributed by atoms with Gasteiger partial charge in [-0.2, -0.15) is 5.10 Å². The predicted molar refractivity (Wildman–Crippen MR) is 153 cm³/mol. The molecule has 10 nitrogen and oxygen atoms in total. The third-order valence-corrected chi connectivity index (χ3v) is 7.99. The standard InChI is InChI=1S/C29H30ClN7O3/c1-18-24(13-21(30)15-31-18)28(39)34-22-8-6-19(7-9-22)17-35-25-4-2-3-5-26(25)37(29(35)40)23-12-20-14-33-36(10-11-38)27(20)32-16-23/h2-5,12-16,19,22,38H,6-11,17H2,1H3,(H,34,39). The summed E-state index contributed by atoms with van der Waals surface area (Å²) in [5.41, 5.74) is 4.09. The molecule has 11 heteroatoms. The number of carbonyl (C=O) groups excluding carboxylic acids is 1. The van der Waals surface area contributed by atoms with E-state index in [9.17, 15) is 14.7 Å². The predicted octanol–water partition coefficient (Wildman–Crippen LogP) is 3.87. The number of aryl methyl sites for hydroxylation is 1. The molecule has 2 N–H and O–H groups in total. The molecule has 0 unspecified atom stereocenters. The first kappa shape index (κ1) is 26.2. The molecule has 1 aromatic carbocycles. The average molecular weight is 560 g/mol. The second-order valence-corrected chi connectivity index (χ2v) is 10.8. The van der Waals surface area contributed by atoms with Gasteiger partial charge in [0.25, 0.3) is 5.91 Å². The number of benzene rings is 1. The largest absolute Gasteiger partial charge is 0.394 e. The lowest BCUT2D eigenvalue weighted by Gasteiger charge is -2.29. The molecule has 5 aromatic rings. The minimum absolute atomic E-state index is 0.0273. The van der Waals surface area contributed by atoms with Crippen molar-refractivity contribution in [2.24, 2.45) is 5.92 Å². The molecule has 1 aliphatic rings. The Morgan fingerprint density at radius 3 is 2.62 bits per heavy atom. The monoisotopic (exact) mass is 559 g/mol. The average Bonchev–Trinajstić information content (AvgIpc) is 3.48. The third-order valence-electron chi connectivity index (χ3n) is 7.79. The van der Waals surface area contributed by atoms with Gasteiger partial charge >= 0.3 is 5.69 Å². The van der Waals surface area contributed by atoms with Crippen molar-refractivity contribution in [2.75, 3.05) is 6.61 Å². The molecule has 0 saturated heterocycles. The lowest BCUT2D eigenvalue weighted by molar-refractivity contribution is 0.0919. The number of aliphatic hydroxyl groups is 1. The molecule has 4 heterocycles. The van der Waals surface area contributed by atoms with E-state index in [0.717, 1.165) is 42.1 Å². The van der Waals surface area contributed by atoms with Gasteiger partial charge in [-0.05, 0) is 62.8 Å². The van der Waals surface area contributed by atoms with E-state index in [4.69, 9.17) is 11.6 Å². The topological polar surface area (TPSA) is 120 Å². The van der Waals surface area contributed by atoms with E-state index in [1.807, 2.05) is 34.9 Å². The van der Waals surface area contributed by atoms with E-state index in [1.165, 1.54) is 0 Å². The quantitative estimate of drug-likeness (QED) is 0.312. The van der Waals surface area contributed by atoms with Gasteiger partial charge in [0, 0.05) is 24.2 Å². The van der Waals surface area contributed by atoms with Gasteiger partial charge in [0.05, 0.1) is 58.5 Å². The SMILES string of the molecule is Cc1ncc(Cl)cc1C(=O)NC1CCC(Cn2c(=O)n(-c3cnc4c(cnn4CCO)c3)c3ccccc32)CC1. The summed E-state index contributed by atoms with van der Waals surface area (Å²) in [5.74, 6) is 0.166. The fourth-order valence-electron chi connectivity index (χ4n) is 5.72. The molecule has 0 radical (unpaired) electrons. The second-order valence-electron chi connectivity index (χ2n) is 10.4. The zero-order chi connectivity index (χ0) is 27.8. The lowest BCUT2D eigenvalue weighted by Crippen LogP contribution is -2.39. The summed E-state index contributed by atoms with van der Waals surface area (Å²) >= 11 is 6.05. The second kappa shape index (κ2) is 10.9. The molecule has 0 bridgehead atoms. The summed E-state index contributed by atoms with van der Waals surface area (Å²) in [6, 6.07) is 11.4. The van der Waals surface area contributed by atoms with Crippen LogP contribution in [0.1, 0.15) is 41.7 Å². The van der Waals surface area contributed by atoms with Crippen LogP contribution in [0.3, 0.4) is 0 Å². The first-order chi connectivity index (χ1) is 19.4. The maximum absolute atomic E-state index is 13.8. The van der Waals surface area contributed by atoms with Crippen molar-refractivity contribution >= 4 is 39.6 Å². The minimum atomic E-state index is -0.150. The van der Waals surface area contributed by atoms with E-state index in [1.54, 1.807) is 40.8 Å². The molecule has 1 fully saturated rings. The first-order valence-corrected chi connectivity index (χ1v) is 13.9. The molecule has 6 rings (SSSR count).